The van der Waals surface area contributed by atoms with Crippen LogP contribution < -0.4 is 15.6 Å². The van der Waals surface area contributed by atoms with Gasteiger partial charge in [-0.25, -0.2) is 9.37 Å². The molecule has 0 spiro atoms. The molecule has 1 N–H and O–H groups in total. The van der Waals surface area contributed by atoms with E-state index in [1.165, 1.54) is 28.0 Å². The van der Waals surface area contributed by atoms with Gasteiger partial charge in [-0.15, -0.1) is 11.3 Å². The van der Waals surface area contributed by atoms with Crippen molar-refractivity contribution in [2.24, 2.45) is 0 Å². The molecule has 0 atom stereocenters. The van der Waals surface area contributed by atoms with Crippen LogP contribution in [0.15, 0.2) is 58.5 Å². The number of nitrogens with zero attached hydrogens (tertiary/aromatic N) is 2. The van der Waals surface area contributed by atoms with Crippen molar-refractivity contribution in [1.29, 1.82) is 0 Å². The van der Waals surface area contributed by atoms with Crippen molar-refractivity contribution in [2.75, 3.05) is 18.2 Å². The van der Waals surface area contributed by atoms with E-state index in [1.807, 2.05) is 6.92 Å². The Labute approximate surface area is 204 Å². The lowest BCUT2D eigenvalue weighted by molar-refractivity contribution is -0.113. The van der Waals surface area contributed by atoms with Crippen molar-refractivity contribution in [2.45, 2.75) is 31.8 Å². The highest BCUT2D eigenvalue weighted by Crippen LogP contribution is 2.31. The zero-order valence-corrected chi connectivity index (χ0v) is 20.7. The maximum Gasteiger partial charge on any atom is 0.267 e. The Hall–Kier alpha value is -3.17. The molecule has 6 nitrogen and oxygen atoms in total. The Kier molecular flexibility index (Phi) is 7.33. The van der Waals surface area contributed by atoms with Gasteiger partial charge in [0.05, 0.1) is 23.9 Å². The normalized spacial score (nSPS) is 11.1. The third kappa shape index (κ3) is 5.00. The third-order valence-corrected chi connectivity index (χ3v) is 7.46. The van der Waals surface area contributed by atoms with E-state index in [0.717, 1.165) is 35.0 Å². The van der Waals surface area contributed by atoms with E-state index < -0.39 is 5.82 Å². The Morgan fingerprint density at radius 1 is 1.24 bits per heavy atom. The molecule has 9 heteroatoms. The Morgan fingerprint density at radius 3 is 2.71 bits per heavy atom. The van der Waals surface area contributed by atoms with Gasteiger partial charge in [0.2, 0.25) is 5.91 Å². The second-order valence-electron chi connectivity index (χ2n) is 7.66. The lowest BCUT2D eigenvalue weighted by Crippen LogP contribution is -2.23. The van der Waals surface area contributed by atoms with E-state index >= 15 is 0 Å². The quantitative estimate of drug-likeness (QED) is 0.254. The topological polar surface area (TPSA) is 73.2 Å². The number of aryl methyl sites for hydroxylation is 2. The largest absolute Gasteiger partial charge is 0.497 e. The molecule has 2 aromatic carbocycles. The second-order valence-corrected chi connectivity index (χ2v) is 9.69. The zero-order valence-electron chi connectivity index (χ0n) is 19.1. The molecule has 0 saturated carbocycles. The molecule has 0 aliphatic rings. The van der Waals surface area contributed by atoms with E-state index in [2.05, 4.69) is 12.2 Å². The number of amides is 1. The number of halogens is 1. The van der Waals surface area contributed by atoms with E-state index in [4.69, 9.17) is 9.72 Å². The highest BCUT2D eigenvalue weighted by Gasteiger charge is 2.20. The molecule has 0 bridgehead atoms. The Morgan fingerprint density at radius 2 is 2.00 bits per heavy atom. The molecule has 4 rings (SSSR count). The molecule has 0 saturated heterocycles. The van der Waals surface area contributed by atoms with E-state index in [9.17, 15) is 14.0 Å². The van der Waals surface area contributed by atoms with Crippen LogP contribution in [0.2, 0.25) is 0 Å². The summed E-state index contributed by atoms with van der Waals surface area (Å²) in [5.74, 6) is 0.0447. The van der Waals surface area contributed by atoms with E-state index in [0.29, 0.717) is 32.5 Å². The molecule has 0 aliphatic heterocycles. The van der Waals surface area contributed by atoms with Crippen LogP contribution in [-0.2, 0) is 11.2 Å². The SMILES string of the molecule is CCCc1sc2nc(SCC(=O)Nc3cccc(OC)c3)n(-c3ccc(F)cc3)c(=O)c2c1C. The van der Waals surface area contributed by atoms with Crippen LogP contribution in [0.1, 0.15) is 23.8 Å². The summed E-state index contributed by atoms with van der Waals surface area (Å²) in [5.41, 5.74) is 1.83. The molecule has 0 radical (unpaired) electrons. The molecule has 1 amide bonds. The average Bonchev–Trinajstić information content (AvgIpc) is 3.14. The molecule has 2 heterocycles. The zero-order chi connectivity index (χ0) is 24.2. The van der Waals surface area contributed by atoms with Crippen molar-refractivity contribution in [1.82, 2.24) is 9.55 Å². The molecule has 0 fully saturated rings. The highest BCUT2D eigenvalue weighted by molar-refractivity contribution is 7.99. The van der Waals surface area contributed by atoms with Crippen molar-refractivity contribution in [3.8, 4) is 11.4 Å². The minimum Gasteiger partial charge on any atom is -0.497 e. The minimum absolute atomic E-state index is 0.0442. The molecule has 4 aromatic rings. The number of thiophene rings is 1. The summed E-state index contributed by atoms with van der Waals surface area (Å²) in [4.78, 5) is 32.8. The number of carbonyl (C=O) groups is 1. The number of ether oxygens (including phenoxy) is 1. The second kappa shape index (κ2) is 10.4. The smallest absolute Gasteiger partial charge is 0.267 e. The first kappa shape index (κ1) is 24.0. The summed E-state index contributed by atoms with van der Waals surface area (Å²) >= 11 is 2.67. The van der Waals surface area contributed by atoms with Crippen molar-refractivity contribution in [3.63, 3.8) is 0 Å². The highest BCUT2D eigenvalue weighted by atomic mass is 32.2. The van der Waals surface area contributed by atoms with Crippen LogP contribution >= 0.6 is 23.1 Å². The number of benzene rings is 2. The fraction of sp³-hybridized carbons (Fsp3) is 0.240. The van der Waals surface area contributed by atoms with Gasteiger partial charge in [0.15, 0.2) is 5.16 Å². The molecule has 34 heavy (non-hydrogen) atoms. The van der Waals surface area contributed by atoms with Gasteiger partial charge < -0.3 is 10.1 Å². The van der Waals surface area contributed by atoms with Gasteiger partial charge >= 0.3 is 0 Å². The van der Waals surface area contributed by atoms with Crippen LogP contribution in [0, 0.1) is 12.7 Å². The number of rotatable bonds is 8. The third-order valence-electron chi connectivity index (χ3n) is 5.28. The molecule has 0 aliphatic carbocycles. The first-order valence-electron chi connectivity index (χ1n) is 10.8. The maximum absolute atomic E-state index is 13.6. The van der Waals surface area contributed by atoms with E-state index in [1.54, 1.807) is 43.5 Å². The number of carbonyl (C=O) groups excluding carboxylic acids is 1. The lowest BCUT2D eigenvalue weighted by atomic mass is 10.1. The van der Waals surface area contributed by atoms with Gasteiger partial charge in [0, 0.05) is 16.6 Å². The summed E-state index contributed by atoms with van der Waals surface area (Å²) in [6.45, 7) is 4.03. The van der Waals surface area contributed by atoms with Crippen LogP contribution in [0.5, 0.6) is 5.75 Å². The van der Waals surface area contributed by atoms with Crippen LogP contribution in [0.3, 0.4) is 0 Å². The number of anilines is 1. The fourth-order valence-electron chi connectivity index (χ4n) is 3.62. The summed E-state index contributed by atoms with van der Waals surface area (Å²) in [5, 5.41) is 3.79. The lowest BCUT2D eigenvalue weighted by Gasteiger charge is -2.12. The minimum atomic E-state index is -0.394. The maximum atomic E-state index is 13.6. The van der Waals surface area contributed by atoms with Crippen molar-refractivity contribution >= 4 is 44.9 Å². The number of fused-ring (bicyclic) bond motifs is 1. The molecular formula is C25H24FN3O3S2. The number of methoxy groups -OCH3 is 1. The van der Waals surface area contributed by atoms with Crippen LogP contribution in [-0.4, -0.2) is 28.3 Å². The van der Waals surface area contributed by atoms with Gasteiger partial charge in [-0.3, -0.25) is 14.2 Å². The number of thioether (sulfide) groups is 1. The molecule has 176 valence electrons. The number of hydrogen-bond acceptors (Lipinski definition) is 6. The first-order valence-corrected chi connectivity index (χ1v) is 12.6. The fourth-order valence-corrected chi connectivity index (χ4v) is 5.75. The summed E-state index contributed by atoms with van der Waals surface area (Å²) < 4.78 is 20.2. The summed E-state index contributed by atoms with van der Waals surface area (Å²) in [6.07, 6.45) is 1.83. The average molecular weight is 498 g/mol. The Bertz CT molecular complexity index is 1400. The van der Waals surface area contributed by atoms with Gasteiger partial charge in [-0.1, -0.05) is 31.2 Å². The van der Waals surface area contributed by atoms with Gasteiger partial charge in [0.25, 0.3) is 5.56 Å². The van der Waals surface area contributed by atoms with Crippen molar-refractivity contribution in [3.05, 3.63) is 75.1 Å². The predicted molar refractivity (Wildman–Crippen MR) is 136 cm³/mol. The summed E-state index contributed by atoms with van der Waals surface area (Å²) in [7, 11) is 1.56. The van der Waals surface area contributed by atoms with Crippen LogP contribution in [0.25, 0.3) is 15.9 Å². The predicted octanol–water partition coefficient (Wildman–Crippen LogP) is 5.59. The summed E-state index contributed by atoms with van der Waals surface area (Å²) in [6, 6.07) is 12.8. The number of hydrogen-bond donors (Lipinski definition) is 1. The first-order chi connectivity index (χ1) is 16.4. The molecule has 0 unspecified atom stereocenters. The van der Waals surface area contributed by atoms with Gasteiger partial charge in [0.1, 0.15) is 16.4 Å². The standard InChI is InChI=1S/C25H24FN3O3S2/c1-4-6-20-15(2)22-23(34-20)28-25(29(24(22)31)18-11-9-16(26)10-12-18)33-14-21(30)27-17-7-5-8-19(13-17)32-3/h5,7-13H,4,6,14H2,1-3H3,(H,27,30). The molecule has 2 aromatic heterocycles. The number of aromatic nitrogens is 2. The van der Waals surface area contributed by atoms with E-state index in [-0.39, 0.29) is 17.2 Å². The van der Waals surface area contributed by atoms with Crippen LogP contribution in [0.4, 0.5) is 10.1 Å². The van der Waals surface area contributed by atoms with Gasteiger partial charge in [-0.05, 0) is 55.3 Å². The monoisotopic (exact) mass is 497 g/mol. The molecular weight excluding hydrogens is 473 g/mol. The van der Waals surface area contributed by atoms with Crippen molar-refractivity contribution < 1.29 is 13.9 Å². The Balaban J connectivity index is 1.69. The number of nitrogens with one attached hydrogen (secondary N) is 1. The van der Waals surface area contributed by atoms with Gasteiger partial charge in [-0.2, -0.15) is 0 Å².